The van der Waals surface area contributed by atoms with E-state index in [4.69, 9.17) is 14.2 Å². The van der Waals surface area contributed by atoms with Gasteiger partial charge in [0.15, 0.2) is 11.4 Å². The quantitative estimate of drug-likeness (QED) is 0.417. The van der Waals surface area contributed by atoms with Gasteiger partial charge in [-0.3, -0.25) is 4.79 Å². The molecule has 10 heteroatoms. The number of methoxy groups -OCH3 is 1. The third-order valence-corrected chi connectivity index (χ3v) is 4.53. The molecule has 152 valence electrons. The van der Waals surface area contributed by atoms with Crippen LogP contribution in [0.1, 0.15) is 17.4 Å². The Morgan fingerprint density at radius 1 is 1.25 bits per heavy atom. The number of nitrogens with one attached hydrogen (secondary N) is 2. The van der Waals surface area contributed by atoms with Gasteiger partial charge >= 0.3 is 5.97 Å². The number of carbonyl (C=O) groups excluding carboxylic acids is 2. The predicted molar refractivity (Wildman–Crippen MR) is 95.6 cm³/mol. The Morgan fingerprint density at radius 2 is 1.96 bits per heavy atom. The molecule has 1 amide bonds. The lowest BCUT2D eigenvalue weighted by molar-refractivity contribution is -0.244. The number of hydrogen-bond acceptors (Lipinski definition) is 8. The number of H-pyrrole nitrogens is 1. The summed E-state index contributed by atoms with van der Waals surface area (Å²) >= 11 is 0. The van der Waals surface area contributed by atoms with E-state index in [0.29, 0.717) is 10.9 Å². The van der Waals surface area contributed by atoms with Crippen molar-refractivity contribution in [2.24, 2.45) is 0 Å². The van der Waals surface area contributed by atoms with E-state index in [1.165, 1.54) is 14.0 Å². The smallest absolute Gasteiger partial charge is 0.358 e. The molecule has 1 aromatic carbocycles. The molecule has 1 aliphatic heterocycles. The molecule has 0 bridgehead atoms. The van der Waals surface area contributed by atoms with Gasteiger partial charge in [0.2, 0.25) is 12.2 Å². The number of para-hydroxylation sites is 1. The maximum Gasteiger partial charge on any atom is 0.358 e. The minimum Gasteiger partial charge on any atom is -0.464 e. The number of aromatic nitrogens is 1. The lowest BCUT2D eigenvalue weighted by atomic mass is 9.97. The number of aliphatic hydroxyl groups is 3. The predicted octanol–water partition coefficient (Wildman–Crippen LogP) is -0.723. The third-order valence-electron chi connectivity index (χ3n) is 4.53. The van der Waals surface area contributed by atoms with Gasteiger partial charge in [0.05, 0.1) is 13.7 Å². The minimum atomic E-state index is -1.47. The molecule has 1 aromatic heterocycles. The van der Waals surface area contributed by atoms with Crippen molar-refractivity contribution in [3.05, 3.63) is 30.0 Å². The Bertz CT molecular complexity index is 866. The number of amides is 1. The zero-order valence-corrected chi connectivity index (χ0v) is 15.3. The van der Waals surface area contributed by atoms with Crippen LogP contribution in [0.5, 0.6) is 5.75 Å². The van der Waals surface area contributed by atoms with Gasteiger partial charge in [0.1, 0.15) is 24.4 Å². The van der Waals surface area contributed by atoms with E-state index >= 15 is 0 Å². The molecule has 28 heavy (non-hydrogen) atoms. The molecule has 0 aliphatic carbocycles. The summed E-state index contributed by atoms with van der Waals surface area (Å²) < 4.78 is 16.2. The van der Waals surface area contributed by atoms with Crippen LogP contribution >= 0.6 is 0 Å². The van der Waals surface area contributed by atoms with Crippen LogP contribution in [-0.2, 0) is 14.3 Å². The largest absolute Gasteiger partial charge is 0.464 e. The summed E-state index contributed by atoms with van der Waals surface area (Å²) in [5, 5.41) is 32.9. The van der Waals surface area contributed by atoms with Gasteiger partial charge in [-0.1, -0.05) is 12.1 Å². The molecule has 2 aromatic rings. The van der Waals surface area contributed by atoms with Crippen LogP contribution in [0, 0.1) is 0 Å². The second kappa shape index (κ2) is 8.15. The number of aliphatic hydroxyl groups excluding tert-OH is 3. The van der Waals surface area contributed by atoms with Crippen LogP contribution in [0.15, 0.2) is 24.3 Å². The Kier molecular flexibility index (Phi) is 5.84. The highest BCUT2D eigenvalue weighted by Gasteiger charge is 2.46. The normalized spacial score (nSPS) is 27.4. The molecule has 3 rings (SSSR count). The maximum absolute atomic E-state index is 12.2. The molecule has 2 unspecified atom stereocenters. The average molecular weight is 394 g/mol. The Balaban J connectivity index is 2.01. The summed E-state index contributed by atoms with van der Waals surface area (Å²) in [5.74, 6) is -1.07. The van der Waals surface area contributed by atoms with Crippen LogP contribution < -0.4 is 10.1 Å². The van der Waals surface area contributed by atoms with Crippen molar-refractivity contribution >= 4 is 22.8 Å². The second-order valence-electron chi connectivity index (χ2n) is 6.42. The summed E-state index contributed by atoms with van der Waals surface area (Å²) in [7, 11) is 1.22. The first kappa shape index (κ1) is 20.1. The zero-order valence-electron chi connectivity index (χ0n) is 15.3. The molecule has 5 atom stereocenters. The first-order valence-electron chi connectivity index (χ1n) is 8.62. The molecule has 5 N–H and O–H groups in total. The van der Waals surface area contributed by atoms with Crippen LogP contribution in [0.3, 0.4) is 0 Å². The number of rotatable bonds is 5. The molecule has 1 aliphatic rings. The summed E-state index contributed by atoms with van der Waals surface area (Å²) in [4.78, 5) is 26.6. The number of hydrogen-bond donors (Lipinski definition) is 5. The first-order chi connectivity index (χ1) is 13.4. The summed E-state index contributed by atoms with van der Waals surface area (Å²) in [6.45, 7) is 0.655. The zero-order chi connectivity index (χ0) is 20.4. The van der Waals surface area contributed by atoms with Crippen LogP contribution in [0.2, 0.25) is 0 Å². The fourth-order valence-corrected chi connectivity index (χ4v) is 3.17. The lowest BCUT2D eigenvalue weighted by Gasteiger charge is -2.42. The molecule has 0 saturated carbocycles. The first-order valence-corrected chi connectivity index (χ1v) is 8.62. The Morgan fingerprint density at radius 3 is 2.61 bits per heavy atom. The highest BCUT2D eigenvalue weighted by atomic mass is 16.7. The number of fused-ring (bicyclic) bond motifs is 1. The third kappa shape index (κ3) is 3.67. The van der Waals surface area contributed by atoms with Crippen molar-refractivity contribution in [2.45, 2.75) is 37.6 Å². The highest BCUT2D eigenvalue weighted by molar-refractivity contribution is 6.00. The summed E-state index contributed by atoms with van der Waals surface area (Å²) in [6, 6.07) is 5.80. The molecule has 10 nitrogen and oxygen atoms in total. The van der Waals surface area contributed by atoms with E-state index in [-0.39, 0.29) is 11.4 Å². The van der Waals surface area contributed by atoms with Crippen LogP contribution in [-0.4, -0.2) is 76.5 Å². The van der Waals surface area contributed by atoms with Crippen LogP contribution in [0.4, 0.5) is 0 Å². The topological polar surface area (TPSA) is 150 Å². The minimum absolute atomic E-state index is 0.0232. The van der Waals surface area contributed by atoms with Crippen molar-refractivity contribution in [1.29, 1.82) is 0 Å². The number of carbonyl (C=O) groups is 2. The van der Waals surface area contributed by atoms with E-state index in [1.807, 2.05) is 0 Å². The van der Waals surface area contributed by atoms with E-state index in [9.17, 15) is 24.9 Å². The van der Waals surface area contributed by atoms with Gasteiger partial charge in [-0.25, -0.2) is 4.79 Å². The fourth-order valence-electron chi connectivity index (χ4n) is 3.17. The van der Waals surface area contributed by atoms with Crippen LogP contribution in [0.25, 0.3) is 10.9 Å². The van der Waals surface area contributed by atoms with Crippen molar-refractivity contribution in [3.63, 3.8) is 0 Å². The average Bonchev–Trinajstić information content (AvgIpc) is 3.05. The molecule has 1 fully saturated rings. The Hall–Kier alpha value is -2.66. The standard InChI is InChI=1S/C18H22N2O8/c1-8(22)19-12-15(24)14(23)11(7-21)27-18(12)28-16-9-5-3-4-6-10(9)20-13(16)17(25)26-2/h3-6,11-12,14-15,18,20-21,23-24H,7H2,1-2H3,(H,19,22)/t11?,12?,14-,15-,18+/m1/s1. The van der Waals surface area contributed by atoms with Gasteiger partial charge in [-0.05, 0) is 12.1 Å². The monoisotopic (exact) mass is 394 g/mol. The van der Waals surface area contributed by atoms with Crippen molar-refractivity contribution in [1.82, 2.24) is 10.3 Å². The molecular formula is C18H22N2O8. The molecular weight excluding hydrogens is 372 g/mol. The van der Waals surface area contributed by atoms with Gasteiger partial charge in [-0.15, -0.1) is 0 Å². The lowest BCUT2D eigenvalue weighted by Crippen LogP contribution is -2.65. The highest BCUT2D eigenvalue weighted by Crippen LogP contribution is 2.33. The molecule has 2 heterocycles. The van der Waals surface area contributed by atoms with Crippen molar-refractivity contribution in [3.8, 4) is 5.75 Å². The van der Waals surface area contributed by atoms with E-state index in [1.54, 1.807) is 24.3 Å². The van der Waals surface area contributed by atoms with Gasteiger partial charge < -0.3 is 39.8 Å². The van der Waals surface area contributed by atoms with Crippen molar-refractivity contribution in [2.75, 3.05) is 13.7 Å². The van der Waals surface area contributed by atoms with E-state index in [0.717, 1.165) is 0 Å². The molecule has 0 spiro atoms. The SMILES string of the molecule is COC(=O)c1[nH]c2ccccc2c1O[C@@H]1OC(CO)[C@@H](O)[C@H](O)C1NC(C)=O. The van der Waals surface area contributed by atoms with E-state index < -0.39 is 49.1 Å². The number of aromatic amines is 1. The number of benzene rings is 1. The maximum atomic E-state index is 12.2. The summed E-state index contributed by atoms with van der Waals surface area (Å²) in [5.41, 5.74) is 0.624. The van der Waals surface area contributed by atoms with E-state index in [2.05, 4.69) is 10.3 Å². The Labute approximate surface area is 160 Å². The fraction of sp³-hybridized carbons (Fsp3) is 0.444. The van der Waals surface area contributed by atoms with Gasteiger partial charge in [0, 0.05) is 17.8 Å². The second-order valence-corrected chi connectivity index (χ2v) is 6.42. The number of esters is 1. The summed E-state index contributed by atoms with van der Waals surface area (Å²) in [6.07, 6.45) is -5.34. The molecule has 0 radical (unpaired) electrons. The van der Waals surface area contributed by atoms with Crippen molar-refractivity contribution < 1.29 is 39.1 Å². The van der Waals surface area contributed by atoms with Gasteiger partial charge in [-0.2, -0.15) is 0 Å². The molecule has 1 saturated heterocycles. The van der Waals surface area contributed by atoms with Gasteiger partial charge in [0.25, 0.3) is 0 Å². The number of ether oxygens (including phenoxy) is 3.